The summed E-state index contributed by atoms with van der Waals surface area (Å²) >= 11 is 0. The third kappa shape index (κ3) is 4.70. The predicted molar refractivity (Wildman–Crippen MR) is 119 cm³/mol. The fraction of sp³-hybridized carbons (Fsp3) is 0.120. The van der Waals surface area contributed by atoms with Crippen LogP contribution in [-0.4, -0.2) is 16.5 Å². The monoisotopic (exact) mass is 398 g/mol. The molecule has 5 heteroatoms. The van der Waals surface area contributed by atoms with Crippen LogP contribution in [0.15, 0.2) is 91.4 Å². The van der Waals surface area contributed by atoms with Crippen molar-refractivity contribution in [3.8, 4) is 22.3 Å². The highest BCUT2D eigenvalue weighted by atomic mass is 19.1. The van der Waals surface area contributed by atoms with Crippen LogP contribution in [0.1, 0.15) is 18.0 Å². The summed E-state index contributed by atoms with van der Waals surface area (Å²) in [5.41, 5.74) is 11.3. The molecule has 0 aliphatic heterocycles. The number of hydrogen-bond acceptors (Lipinski definition) is 4. The van der Waals surface area contributed by atoms with Crippen molar-refractivity contribution in [1.82, 2.24) is 9.97 Å². The first-order chi connectivity index (χ1) is 14.7. The van der Waals surface area contributed by atoms with Gasteiger partial charge in [0.05, 0.1) is 0 Å². The van der Waals surface area contributed by atoms with Gasteiger partial charge in [-0.3, -0.25) is 4.98 Å². The molecule has 2 heterocycles. The average Bonchev–Trinajstić information content (AvgIpc) is 2.81. The first-order valence-electron chi connectivity index (χ1n) is 9.91. The molecule has 0 aliphatic rings. The van der Waals surface area contributed by atoms with Crippen molar-refractivity contribution in [1.29, 1.82) is 0 Å². The van der Waals surface area contributed by atoms with Gasteiger partial charge in [0, 0.05) is 36.7 Å². The van der Waals surface area contributed by atoms with Gasteiger partial charge in [0.15, 0.2) is 0 Å². The van der Waals surface area contributed by atoms with Crippen LogP contribution in [0, 0.1) is 5.82 Å². The highest BCUT2D eigenvalue weighted by Crippen LogP contribution is 2.33. The van der Waals surface area contributed by atoms with E-state index in [1.165, 1.54) is 12.1 Å². The molecule has 0 saturated heterocycles. The minimum atomic E-state index is -0.259. The molecule has 2 aromatic heterocycles. The Labute approximate surface area is 175 Å². The van der Waals surface area contributed by atoms with E-state index in [0.717, 1.165) is 40.1 Å². The smallest absolute Gasteiger partial charge is 0.126 e. The van der Waals surface area contributed by atoms with E-state index in [0.29, 0.717) is 6.54 Å². The lowest BCUT2D eigenvalue weighted by Gasteiger charge is -2.15. The minimum Gasteiger partial charge on any atom is -0.370 e. The summed E-state index contributed by atoms with van der Waals surface area (Å²) in [4.78, 5) is 8.68. The van der Waals surface area contributed by atoms with Gasteiger partial charge in [-0.1, -0.05) is 42.5 Å². The van der Waals surface area contributed by atoms with E-state index in [9.17, 15) is 4.39 Å². The van der Waals surface area contributed by atoms with Crippen molar-refractivity contribution in [2.45, 2.75) is 12.5 Å². The summed E-state index contributed by atoms with van der Waals surface area (Å²) in [5.74, 6) is 0.512. The summed E-state index contributed by atoms with van der Waals surface area (Å²) < 4.78 is 13.4. The number of aromatic nitrogens is 2. The molecule has 3 N–H and O–H groups in total. The fourth-order valence-corrected chi connectivity index (χ4v) is 3.40. The minimum absolute atomic E-state index is 0.0307. The molecular formula is C25H23FN4. The van der Waals surface area contributed by atoms with Crippen LogP contribution in [-0.2, 0) is 0 Å². The van der Waals surface area contributed by atoms with Crippen LogP contribution >= 0.6 is 0 Å². The Kier molecular flexibility index (Phi) is 6.11. The van der Waals surface area contributed by atoms with Crippen LogP contribution < -0.4 is 11.1 Å². The number of anilines is 1. The molecule has 4 rings (SSSR count). The molecule has 0 spiro atoms. The van der Waals surface area contributed by atoms with Crippen molar-refractivity contribution in [3.63, 3.8) is 0 Å². The number of pyridine rings is 2. The molecule has 30 heavy (non-hydrogen) atoms. The summed E-state index contributed by atoms with van der Waals surface area (Å²) in [6.45, 7) is 0.703. The lowest BCUT2D eigenvalue weighted by atomic mass is 9.97. The lowest BCUT2D eigenvalue weighted by molar-refractivity contribution is 0.628. The molecule has 1 atom stereocenters. The topological polar surface area (TPSA) is 63.8 Å². The van der Waals surface area contributed by atoms with Crippen LogP contribution in [0.25, 0.3) is 22.3 Å². The van der Waals surface area contributed by atoms with Crippen molar-refractivity contribution in [2.24, 2.45) is 5.73 Å². The summed E-state index contributed by atoms with van der Waals surface area (Å²) in [6, 6.07) is 22.4. The quantitative estimate of drug-likeness (QED) is 0.434. The third-order valence-corrected chi connectivity index (χ3v) is 5.04. The van der Waals surface area contributed by atoms with E-state index in [1.54, 1.807) is 24.5 Å². The van der Waals surface area contributed by atoms with E-state index in [-0.39, 0.29) is 11.9 Å². The maximum Gasteiger partial charge on any atom is 0.126 e. The largest absolute Gasteiger partial charge is 0.370 e. The number of halogens is 1. The third-order valence-electron chi connectivity index (χ3n) is 5.04. The Hall–Kier alpha value is -3.57. The molecule has 0 bridgehead atoms. The Balaban J connectivity index is 1.55. The Morgan fingerprint density at radius 2 is 1.57 bits per heavy atom. The van der Waals surface area contributed by atoms with Gasteiger partial charge in [-0.25, -0.2) is 9.37 Å². The van der Waals surface area contributed by atoms with E-state index < -0.39 is 0 Å². The van der Waals surface area contributed by atoms with Gasteiger partial charge in [0.2, 0.25) is 0 Å². The molecule has 2 aromatic carbocycles. The highest BCUT2D eigenvalue weighted by Gasteiger charge is 2.11. The van der Waals surface area contributed by atoms with Crippen LogP contribution in [0.4, 0.5) is 10.2 Å². The summed E-state index contributed by atoms with van der Waals surface area (Å²) in [7, 11) is 0. The molecular weight excluding hydrogens is 375 g/mol. The molecule has 0 saturated carbocycles. The molecule has 0 aliphatic carbocycles. The second kappa shape index (κ2) is 9.29. The van der Waals surface area contributed by atoms with Gasteiger partial charge >= 0.3 is 0 Å². The van der Waals surface area contributed by atoms with Crippen LogP contribution in [0.2, 0.25) is 0 Å². The van der Waals surface area contributed by atoms with Gasteiger partial charge in [-0.05, 0) is 59.0 Å². The average molecular weight is 398 g/mol. The molecule has 0 radical (unpaired) electrons. The summed E-state index contributed by atoms with van der Waals surface area (Å²) in [5, 5.41) is 3.38. The molecule has 1 unspecified atom stereocenters. The lowest BCUT2D eigenvalue weighted by Crippen LogP contribution is -2.15. The standard InChI is InChI=1S/C25H23FN4/c26-21-8-6-18(7-9-21)23-17-30-25(16-22(23)19-10-13-28-14-11-19)29-15-12-24(27)20-4-2-1-3-5-20/h1-11,13-14,16-17,24H,12,15,27H2,(H,29,30). The predicted octanol–water partition coefficient (Wildman–Crippen LogP) is 5.45. The fourth-order valence-electron chi connectivity index (χ4n) is 3.40. The van der Waals surface area contributed by atoms with E-state index >= 15 is 0 Å². The zero-order chi connectivity index (χ0) is 20.8. The molecule has 150 valence electrons. The first-order valence-corrected chi connectivity index (χ1v) is 9.91. The molecule has 0 amide bonds. The van der Waals surface area contributed by atoms with Crippen molar-refractivity contribution in [3.05, 3.63) is 103 Å². The van der Waals surface area contributed by atoms with E-state index in [4.69, 9.17) is 5.73 Å². The van der Waals surface area contributed by atoms with Crippen LogP contribution in [0.5, 0.6) is 0 Å². The second-order valence-electron chi connectivity index (χ2n) is 7.09. The van der Waals surface area contributed by atoms with Crippen molar-refractivity contribution < 1.29 is 4.39 Å². The van der Waals surface area contributed by atoms with Gasteiger partial charge in [0.25, 0.3) is 0 Å². The number of hydrogen-bond donors (Lipinski definition) is 2. The second-order valence-corrected chi connectivity index (χ2v) is 7.09. The number of benzene rings is 2. The van der Waals surface area contributed by atoms with Crippen LogP contribution in [0.3, 0.4) is 0 Å². The first kappa shape index (κ1) is 19.7. The number of nitrogens with zero attached hydrogens (tertiary/aromatic N) is 2. The Morgan fingerprint density at radius 3 is 2.30 bits per heavy atom. The van der Waals surface area contributed by atoms with Gasteiger partial charge < -0.3 is 11.1 Å². The maximum atomic E-state index is 13.4. The Morgan fingerprint density at radius 1 is 0.867 bits per heavy atom. The zero-order valence-electron chi connectivity index (χ0n) is 16.5. The molecule has 4 nitrogen and oxygen atoms in total. The zero-order valence-corrected chi connectivity index (χ0v) is 16.5. The maximum absolute atomic E-state index is 13.4. The van der Waals surface area contributed by atoms with E-state index in [1.807, 2.05) is 54.7 Å². The Bertz CT molecular complexity index is 1080. The number of rotatable bonds is 7. The SMILES string of the molecule is NC(CCNc1cc(-c2ccncc2)c(-c2ccc(F)cc2)cn1)c1ccccc1. The molecule has 4 aromatic rings. The van der Waals surface area contributed by atoms with Gasteiger partial charge in [-0.15, -0.1) is 0 Å². The normalized spacial score (nSPS) is 11.8. The van der Waals surface area contributed by atoms with Gasteiger partial charge in [-0.2, -0.15) is 0 Å². The highest BCUT2D eigenvalue weighted by molar-refractivity contribution is 5.84. The number of nitrogens with one attached hydrogen (secondary N) is 1. The number of nitrogens with two attached hydrogens (primary N) is 1. The summed E-state index contributed by atoms with van der Waals surface area (Å²) in [6.07, 6.45) is 6.13. The van der Waals surface area contributed by atoms with Crippen molar-refractivity contribution >= 4 is 5.82 Å². The molecule has 0 fully saturated rings. The van der Waals surface area contributed by atoms with Crippen molar-refractivity contribution in [2.75, 3.05) is 11.9 Å². The van der Waals surface area contributed by atoms with E-state index in [2.05, 4.69) is 15.3 Å². The van der Waals surface area contributed by atoms with Gasteiger partial charge in [0.1, 0.15) is 11.6 Å².